The van der Waals surface area contributed by atoms with Crippen molar-refractivity contribution in [1.29, 1.82) is 0 Å². The van der Waals surface area contributed by atoms with Gasteiger partial charge in [-0.05, 0) is 36.0 Å². The molecule has 1 rings (SSSR count). The van der Waals surface area contributed by atoms with Gasteiger partial charge in [-0.2, -0.15) is 0 Å². The number of hydrogen-bond donors (Lipinski definition) is 1. The van der Waals surface area contributed by atoms with Crippen molar-refractivity contribution >= 4 is 33.2 Å². The van der Waals surface area contributed by atoms with Gasteiger partial charge in [0.15, 0.2) is 0 Å². The molecule has 1 atom stereocenters. The van der Waals surface area contributed by atoms with Crippen LogP contribution in [0.4, 0.5) is 0 Å². The summed E-state index contributed by atoms with van der Waals surface area (Å²) in [6.45, 7) is 5.15. The summed E-state index contributed by atoms with van der Waals surface area (Å²) in [7, 11) is 1.95. The number of rotatable bonds is 5. The summed E-state index contributed by atoms with van der Waals surface area (Å²) in [5.74, 6) is -1.07. The summed E-state index contributed by atoms with van der Waals surface area (Å²) in [6, 6.07) is 2.09. The number of hydrogen-bond acceptors (Lipinski definition) is 3. The first-order valence-electron chi connectivity index (χ1n) is 5.06. The van der Waals surface area contributed by atoms with E-state index < -0.39 is 5.97 Å². The van der Waals surface area contributed by atoms with Gasteiger partial charge < -0.3 is 10.0 Å². The molecule has 5 heteroatoms. The standard InChI is InChI=1S/C11H16BrNO2S/c1-7(11(14)15)5-13(3)6-10-9(12)4-8(2)16-10/h4,7H,5-6H2,1-3H3,(H,14,15). The van der Waals surface area contributed by atoms with Crippen LogP contribution in [0.3, 0.4) is 0 Å². The quantitative estimate of drug-likeness (QED) is 0.909. The zero-order chi connectivity index (χ0) is 12.3. The van der Waals surface area contributed by atoms with Crippen LogP contribution in [0.5, 0.6) is 0 Å². The lowest BCUT2D eigenvalue weighted by Gasteiger charge is -2.18. The van der Waals surface area contributed by atoms with Gasteiger partial charge in [0, 0.05) is 27.3 Å². The van der Waals surface area contributed by atoms with Crippen molar-refractivity contribution in [3.05, 3.63) is 20.3 Å². The third kappa shape index (κ3) is 3.88. The van der Waals surface area contributed by atoms with Crippen LogP contribution in [0.15, 0.2) is 10.5 Å². The highest BCUT2D eigenvalue weighted by atomic mass is 79.9. The average Bonchev–Trinajstić information content (AvgIpc) is 2.44. The highest BCUT2D eigenvalue weighted by Crippen LogP contribution is 2.27. The summed E-state index contributed by atoms with van der Waals surface area (Å²) in [5, 5.41) is 8.82. The van der Waals surface area contributed by atoms with Crippen molar-refractivity contribution < 1.29 is 9.90 Å². The fraction of sp³-hybridized carbons (Fsp3) is 0.545. The number of aryl methyl sites for hydroxylation is 1. The van der Waals surface area contributed by atoms with Crippen molar-refractivity contribution in [2.45, 2.75) is 20.4 Å². The Hall–Kier alpha value is -0.390. The molecule has 0 radical (unpaired) electrons. The topological polar surface area (TPSA) is 40.5 Å². The molecule has 3 nitrogen and oxygen atoms in total. The second-order valence-electron chi connectivity index (χ2n) is 4.06. The van der Waals surface area contributed by atoms with Gasteiger partial charge in [-0.1, -0.05) is 6.92 Å². The van der Waals surface area contributed by atoms with E-state index in [1.165, 1.54) is 9.75 Å². The zero-order valence-corrected chi connectivity index (χ0v) is 12.1. The molecule has 1 heterocycles. The lowest BCUT2D eigenvalue weighted by atomic mass is 10.2. The molecular weight excluding hydrogens is 290 g/mol. The molecule has 16 heavy (non-hydrogen) atoms. The van der Waals surface area contributed by atoms with Crippen LogP contribution in [0.2, 0.25) is 0 Å². The van der Waals surface area contributed by atoms with Crippen LogP contribution in [0.25, 0.3) is 0 Å². The molecule has 0 saturated heterocycles. The fourth-order valence-corrected chi connectivity index (χ4v) is 3.36. The van der Waals surface area contributed by atoms with E-state index in [1.807, 2.05) is 11.9 Å². The van der Waals surface area contributed by atoms with Crippen molar-refractivity contribution in [1.82, 2.24) is 4.90 Å². The second kappa shape index (κ2) is 5.80. The van der Waals surface area contributed by atoms with Gasteiger partial charge in [-0.15, -0.1) is 11.3 Å². The van der Waals surface area contributed by atoms with Crippen molar-refractivity contribution in [2.24, 2.45) is 5.92 Å². The molecule has 0 bridgehead atoms. The van der Waals surface area contributed by atoms with Gasteiger partial charge in [0.25, 0.3) is 0 Å². The Bertz CT molecular complexity index is 378. The van der Waals surface area contributed by atoms with Gasteiger partial charge in [-0.3, -0.25) is 4.79 Å². The minimum Gasteiger partial charge on any atom is -0.481 e. The predicted molar refractivity (Wildman–Crippen MR) is 69.9 cm³/mol. The van der Waals surface area contributed by atoms with Crippen molar-refractivity contribution in [3.8, 4) is 0 Å². The smallest absolute Gasteiger partial charge is 0.307 e. The number of carbonyl (C=O) groups is 1. The van der Waals surface area contributed by atoms with Crippen LogP contribution in [-0.4, -0.2) is 29.6 Å². The Morgan fingerprint density at radius 1 is 1.69 bits per heavy atom. The third-order valence-corrected chi connectivity index (χ3v) is 4.31. The molecule has 0 amide bonds. The molecular formula is C11H16BrNO2S. The van der Waals surface area contributed by atoms with Crippen LogP contribution in [0, 0.1) is 12.8 Å². The Kier molecular flexibility index (Phi) is 4.95. The Labute approximate surface area is 108 Å². The molecule has 1 N–H and O–H groups in total. The fourth-order valence-electron chi connectivity index (χ4n) is 1.49. The minimum atomic E-state index is -0.742. The van der Waals surface area contributed by atoms with Crippen LogP contribution in [-0.2, 0) is 11.3 Å². The van der Waals surface area contributed by atoms with E-state index in [-0.39, 0.29) is 5.92 Å². The predicted octanol–water partition coefficient (Wildman–Crippen LogP) is 2.97. The van der Waals surface area contributed by atoms with E-state index in [1.54, 1.807) is 18.3 Å². The van der Waals surface area contributed by atoms with Crippen LogP contribution in [0.1, 0.15) is 16.7 Å². The van der Waals surface area contributed by atoms with Gasteiger partial charge in [0.05, 0.1) is 5.92 Å². The number of carboxylic acid groups (broad SMARTS) is 1. The molecule has 90 valence electrons. The molecule has 1 aromatic heterocycles. The normalized spacial score (nSPS) is 13.1. The van der Waals surface area contributed by atoms with E-state index in [0.29, 0.717) is 6.54 Å². The largest absolute Gasteiger partial charge is 0.481 e. The van der Waals surface area contributed by atoms with Crippen molar-refractivity contribution in [2.75, 3.05) is 13.6 Å². The van der Waals surface area contributed by atoms with Crippen LogP contribution >= 0.6 is 27.3 Å². The molecule has 0 aliphatic carbocycles. The molecule has 0 fully saturated rings. The van der Waals surface area contributed by atoms with E-state index in [9.17, 15) is 4.79 Å². The summed E-state index contributed by atoms with van der Waals surface area (Å²) in [4.78, 5) is 15.3. The maximum Gasteiger partial charge on any atom is 0.307 e. The number of aliphatic carboxylic acids is 1. The molecule has 1 aromatic rings. The highest BCUT2D eigenvalue weighted by molar-refractivity contribution is 9.10. The van der Waals surface area contributed by atoms with Gasteiger partial charge >= 0.3 is 5.97 Å². The first kappa shape index (κ1) is 13.7. The van der Waals surface area contributed by atoms with Crippen LogP contribution < -0.4 is 0 Å². The minimum absolute atomic E-state index is 0.329. The first-order valence-corrected chi connectivity index (χ1v) is 6.67. The summed E-state index contributed by atoms with van der Waals surface area (Å²) < 4.78 is 1.12. The van der Waals surface area contributed by atoms with Crippen molar-refractivity contribution in [3.63, 3.8) is 0 Å². The summed E-state index contributed by atoms with van der Waals surface area (Å²) in [6.07, 6.45) is 0. The lowest BCUT2D eigenvalue weighted by molar-refractivity contribution is -0.141. The maximum absolute atomic E-state index is 10.7. The van der Waals surface area contributed by atoms with E-state index in [2.05, 4.69) is 28.9 Å². The van der Waals surface area contributed by atoms with Gasteiger partial charge in [0.2, 0.25) is 0 Å². The molecule has 0 aliphatic heterocycles. The molecule has 0 spiro atoms. The number of nitrogens with zero attached hydrogens (tertiary/aromatic N) is 1. The summed E-state index contributed by atoms with van der Waals surface area (Å²) in [5.41, 5.74) is 0. The van der Waals surface area contributed by atoms with E-state index >= 15 is 0 Å². The molecule has 1 unspecified atom stereocenters. The average molecular weight is 306 g/mol. The lowest BCUT2D eigenvalue weighted by Crippen LogP contribution is -2.28. The number of carboxylic acids is 1. The van der Waals surface area contributed by atoms with Gasteiger partial charge in [0.1, 0.15) is 0 Å². The monoisotopic (exact) mass is 305 g/mol. The Balaban J connectivity index is 2.54. The zero-order valence-electron chi connectivity index (χ0n) is 9.66. The highest BCUT2D eigenvalue weighted by Gasteiger charge is 2.15. The summed E-state index contributed by atoms with van der Waals surface area (Å²) >= 11 is 5.25. The van der Waals surface area contributed by atoms with E-state index in [4.69, 9.17) is 5.11 Å². The Morgan fingerprint density at radius 3 is 2.75 bits per heavy atom. The maximum atomic E-state index is 10.7. The molecule has 0 saturated carbocycles. The first-order chi connectivity index (χ1) is 7.40. The number of thiophene rings is 1. The van der Waals surface area contributed by atoms with E-state index in [0.717, 1.165) is 11.0 Å². The molecule has 0 aromatic carbocycles. The Morgan fingerprint density at radius 2 is 2.31 bits per heavy atom. The third-order valence-electron chi connectivity index (χ3n) is 2.30. The second-order valence-corrected chi connectivity index (χ2v) is 6.26. The number of halogens is 1. The van der Waals surface area contributed by atoms with Gasteiger partial charge in [-0.25, -0.2) is 0 Å². The SMILES string of the molecule is Cc1cc(Br)c(CN(C)CC(C)C(=O)O)s1. The molecule has 0 aliphatic rings.